The van der Waals surface area contributed by atoms with E-state index >= 15 is 0 Å². The number of amides is 1. The minimum atomic E-state index is -3.64. The van der Waals surface area contributed by atoms with E-state index in [1.54, 1.807) is 30.3 Å². The van der Waals surface area contributed by atoms with Crippen LogP contribution >= 0.6 is 0 Å². The molecule has 4 rings (SSSR count). The fraction of sp³-hybridized carbons (Fsp3) is 0.421. The normalized spacial score (nSPS) is 20.0. The zero-order valence-corrected chi connectivity index (χ0v) is 15.5. The van der Waals surface area contributed by atoms with Crippen molar-refractivity contribution in [1.82, 2.24) is 4.72 Å². The van der Waals surface area contributed by atoms with E-state index in [1.165, 1.54) is 6.26 Å². The predicted molar refractivity (Wildman–Crippen MR) is 97.2 cm³/mol. The third-order valence-electron chi connectivity index (χ3n) is 5.29. The van der Waals surface area contributed by atoms with Crippen molar-refractivity contribution in [2.24, 2.45) is 5.92 Å². The molecule has 1 aliphatic heterocycles. The number of nitrogens with one attached hydrogen (secondary N) is 1. The molecule has 2 heterocycles. The highest BCUT2D eigenvalue weighted by Crippen LogP contribution is 2.38. The maximum Gasteiger partial charge on any atom is 0.240 e. The highest BCUT2D eigenvalue weighted by molar-refractivity contribution is 7.89. The van der Waals surface area contributed by atoms with Gasteiger partial charge in [-0.2, -0.15) is 0 Å². The Bertz CT molecular complexity index is 917. The molecule has 1 atom stereocenters. The van der Waals surface area contributed by atoms with Crippen LogP contribution in [0.3, 0.4) is 0 Å². The monoisotopic (exact) mass is 374 g/mol. The predicted octanol–water partition coefficient (Wildman–Crippen LogP) is 2.84. The molecule has 1 fully saturated rings. The molecule has 1 saturated carbocycles. The van der Waals surface area contributed by atoms with Crippen molar-refractivity contribution in [2.45, 2.75) is 50.1 Å². The molecule has 1 aliphatic carbocycles. The summed E-state index contributed by atoms with van der Waals surface area (Å²) in [7, 11) is -3.64. The fourth-order valence-electron chi connectivity index (χ4n) is 3.62. The van der Waals surface area contributed by atoms with Crippen LogP contribution in [0.15, 0.2) is 45.9 Å². The van der Waals surface area contributed by atoms with Crippen molar-refractivity contribution in [3.8, 4) is 0 Å². The van der Waals surface area contributed by atoms with Gasteiger partial charge in [-0.25, -0.2) is 13.1 Å². The van der Waals surface area contributed by atoms with Gasteiger partial charge in [-0.3, -0.25) is 4.79 Å². The molecule has 0 radical (unpaired) electrons. The lowest BCUT2D eigenvalue weighted by atomic mass is 9.84. The molecule has 1 amide bonds. The average Bonchev–Trinajstić information content (AvgIpc) is 3.17. The van der Waals surface area contributed by atoms with Crippen LogP contribution in [0, 0.1) is 5.92 Å². The van der Waals surface area contributed by atoms with E-state index in [4.69, 9.17) is 4.42 Å². The Morgan fingerprint density at radius 1 is 1.31 bits per heavy atom. The first-order valence-electron chi connectivity index (χ1n) is 8.94. The van der Waals surface area contributed by atoms with Crippen LogP contribution < -0.4 is 9.62 Å². The number of carbonyl (C=O) groups is 1. The standard InChI is InChI=1S/C19H22N2O4S/c1-13-10-15-11-17(26(23,24)20-12-16-6-3-9-25-16)7-8-18(15)21(13)19(22)14-4-2-5-14/h3,6-9,11,13-14,20H,2,4-5,10,12H2,1H3. The summed E-state index contributed by atoms with van der Waals surface area (Å²) in [6.45, 7) is 2.12. The summed E-state index contributed by atoms with van der Waals surface area (Å²) in [6.07, 6.45) is 5.22. The van der Waals surface area contributed by atoms with Gasteiger partial charge in [0.25, 0.3) is 0 Å². The number of anilines is 1. The van der Waals surface area contributed by atoms with E-state index in [0.717, 1.165) is 30.5 Å². The highest BCUT2D eigenvalue weighted by atomic mass is 32.2. The van der Waals surface area contributed by atoms with Crippen LogP contribution in [0.25, 0.3) is 0 Å². The number of benzene rings is 1. The molecule has 1 unspecified atom stereocenters. The van der Waals surface area contributed by atoms with E-state index in [2.05, 4.69) is 4.72 Å². The number of carbonyl (C=O) groups excluding carboxylic acids is 1. The van der Waals surface area contributed by atoms with Crippen LogP contribution in [0.5, 0.6) is 0 Å². The van der Waals surface area contributed by atoms with E-state index in [1.807, 2.05) is 11.8 Å². The zero-order valence-electron chi connectivity index (χ0n) is 14.6. The van der Waals surface area contributed by atoms with Crippen LogP contribution in [-0.4, -0.2) is 20.4 Å². The molecular weight excluding hydrogens is 352 g/mol. The van der Waals surface area contributed by atoms with Gasteiger partial charge in [0.15, 0.2) is 0 Å². The SMILES string of the molecule is CC1Cc2cc(S(=O)(=O)NCc3ccco3)ccc2N1C(=O)C1CCC1. The number of fused-ring (bicyclic) bond motifs is 1. The first-order chi connectivity index (χ1) is 12.5. The number of nitrogens with zero attached hydrogens (tertiary/aromatic N) is 1. The van der Waals surface area contributed by atoms with E-state index < -0.39 is 10.0 Å². The Hall–Kier alpha value is -2.12. The van der Waals surface area contributed by atoms with Gasteiger partial charge in [-0.05, 0) is 62.1 Å². The third kappa shape index (κ3) is 3.05. The van der Waals surface area contributed by atoms with Crippen LogP contribution in [0.1, 0.15) is 37.5 Å². The molecular formula is C19H22N2O4S. The van der Waals surface area contributed by atoms with Gasteiger partial charge in [0.1, 0.15) is 5.76 Å². The first-order valence-corrected chi connectivity index (χ1v) is 10.4. The molecule has 0 spiro atoms. The van der Waals surface area contributed by atoms with Crippen molar-refractivity contribution in [1.29, 1.82) is 0 Å². The number of rotatable bonds is 5. The van der Waals surface area contributed by atoms with Crippen LogP contribution in [0.4, 0.5) is 5.69 Å². The Morgan fingerprint density at radius 2 is 2.12 bits per heavy atom. The lowest BCUT2D eigenvalue weighted by molar-refractivity contribution is -0.125. The molecule has 6 nitrogen and oxygen atoms in total. The van der Waals surface area contributed by atoms with Gasteiger partial charge >= 0.3 is 0 Å². The fourth-order valence-corrected chi connectivity index (χ4v) is 4.67. The van der Waals surface area contributed by atoms with Crippen molar-refractivity contribution >= 4 is 21.6 Å². The molecule has 2 aliphatic rings. The maximum atomic E-state index is 12.7. The van der Waals surface area contributed by atoms with E-state index in [0.29, 0.717) is 12.2 Å². The van der Waals surface area contributed by atoms with Gasteiger partial charge < -0.3 is 9.32 Å². The van der Waals surface area contributed by atoms with Crippen molar-refractivity contribution in [3.05, 3.63) is 47.9 Å². The second-order valence-corrected chi connectivity index (χ2v) is 8.85. The minimum absolute atomic E-state index is 0.0622. The Labute approximate surface area is 153 Å². The van der Waals surface area contributed by atoms with Gasteiger partial charge in [-0.1, -0.05) is 6.42 Å². The van der Waals surface area contributed by atoms with Crippen molar-refractivity contribution in [2.75, 3.05) is 4.90 Å². The highest BCUT2D eigenvalue weighted by Gasteiger charge is 2.37. The van der Waals surface area contributed by atoms with Crippen molar-refractivity contribution < 1.29 is 17.6 Å². The second kappa shape index (κ2) is 6.55. The van der Waals surface area contributed by atoms with Gasteiger partial charge in [0.2, 0.25) is 15.9 Å². The summed E-state index contributed by atoms with van der Waals surface area (Å²) in [6, 6.07) is 8.52. The average molecular weight is 374 g/mol. The van der Waals surface area contributed by atoms with Crippen LogP contribution in [0.2, 0.25) is 0 Å². The quantitative estimate of drug-likeness (QED) is 0.873. The minimum Gasteiger partial charge on any atom is -0.468 e. The molecule has 2 aromatic rings. The lowest BCUT2D eigenvalue weighted by Gasteiger charge is -2.32. The topological polar surface area (TPSA) is 79.6 Å². The largest absolute Gasteiger partial charge is 0.468 e. The smallest absolute Gasteiger partial charge is 0.240 e. The summed E-state index contributed by atoms with van der Waals surface area (Å²) in [5, 5.41) is 0. The van der Waals surface area contributed by atoms with Gasteiger partial charge in [0.05, 0.1) is 17.7 Å². The Morgan fingerprint density at radius 3 is 2.77 bits per heavy atom. The molecule has 26 heavy (non-hydrogen) atoms. The van der Waals surface area contributed by atoms with E-state index in [-0.39, 0.29) is 29.3 Å². The number of hydrogen-bond donors (Lipinski definition) is 1. The number of hydrogen-bond acceptors (Lipinski definition) is 4. The first kappa shape index (κ1) is 17.3. The lowest BCUT2D eigenvalue weighted by Crippen LogP contribution is -2.42. The Kier molecular flexibility index (Phi) is 4.36. The summed E-state index contributed by atoms with van der Waals surface area (Å²) in [5.74, 6) is 0.858. The van der Waals surface area contributed by atoms with Crippen LogP contribution in [-0.2, 0) is 27.8 Å². The van der Waals surface area contributed by atoms with Crippen molar-refractivity contribution in [3.63, 3.8) is 0 Å². The van der Waals surface area contributed by atoms with Gasteiger partial charge in [0, 0.05) is 17.6 Å². The molecule has 1 N–H and O–H groups in total. The number of sulfonamides is 1. The second-order valence-electron chi connectivity index (χ2n) is 7.08. The molecule has 7 heteroatoms. The third-order valence-corrected chi connectivity index (χ3v) is 6.68. The summed E-state index contributed by atoms with van der Waals surface area (Å²) in [5.41, 5.74) is 1.76. The summed E-state index contributed by atoms with van der Waals surface area (Å²) in [4.78, 5) is 14.8. The molecule has 0 bridgehead atoms. The maximum absolute atomic E-state index is 12.7. The molecule has 138 valence electrons. The molecule has 1 aromatic carbocycles. The summed E-state index contributed by atoms with van der Waals surface area (Å²) < 4.78 is 32.8. The summed E-state index contributed by atoms with van der Waals surface area (Å²) >= 11 is 0. The Balaban J connectivity index is 1.55. The van der Waals surface area contributed by atoms with Gasteiger partial charge in [-0.15, -0.1) is 0 Å². The molecule has 0 saturated heterocycles. The van der Waals surface area contributed by atoms with E-state index in [9.17, 15) is 13.2 Å². The zero-order chi connectivity index (χ0) is 18.3. The molecule has 1 aromatic heterocycles. The number of furan rings is 1.